The van der Waals surface area contributed by atoms with Gasteiger partial charge in [-0.1, -0.05) is 85.0 Å². The second-order valence-electron chi connectivity index (χ2n) is 15.0. The van der Waals surface area contributed by atoms with E-state index in [0.29, 0.717) is 0 Å². The fourth-order valence-electron chi connectivity index (χ4n) is 9.66. The fraction of sp³-hybridized carbons (Fsp3) is 0.213. The van der Waals surface area contributed by atoms with E-state index in [1.807, 2.05) is 0 Å². The van der Waals surface area contributed by atoms with Gasteiger partial charge < -0.3 is 9.88 Å². The first-order valence-electron chi connectivity index (χ1n) is 18.8. The number of benzene rings is 4. The zero-order chi connectivity index (χ0) is 33.7. The van der Waals surface area contributed by atoms with Crippen molar-refractivity contribution in [2.24, 2.45) is 4.99 Å². The van der Waals surface area contributed by atoms with Crippen molar-refractivity contribution in [2.75, 3.05) is 0 Å². The summed E-state index contributed by atoms with van der Waals surface area (Å²) >= 11 is 0. The maximum atomic E-state index is 5.47. The van der Waals surface area contributed by atoms with Crippen molar-refractivity contribution in [3.05, 3.63) is 142 Å². The molecule has 4 aliphatic carbocycles. The van der Waals surface area contributed by atoms with Crippen LogP contribution in [0.15, 0.2) is 119 Å². The van der Waals surface area contributed by atoms with Crippen LogP contribution in [0.25, 0.3) is 66.9 Å². The molecule has 4 aromatic carbocycles. The summed E-state index contributed by atoms with van der Waals surface area (Å²) in [7, 11) is 0. The molecule has 0 bridgehead atoms. The first-order chi connectivity index (χ1) is 25.2. The van der Waals surface area contributed by atoms with Crippen LogP contribution >= 0.6 is 0 Å². The molecule has 0 saturated carbocycles. The van der Waals surface area contributed by atoms with Crippen molar-refractivity contribution in [2.45, 2.75) is 64.1 Å². The van der Waals surface area contributed by atoms with Gasteiger partial charge in [0.05, 0.1) is 16.6 Å². The minimum atomic E-state index is -0.696. The lowest BCUT2D eigenvalue weighted by Gasteiger charge is -2.37. The number of aryl methyl sites for hydroxylation is 2. The Morgan fingerprint density at radius 2 is 1.55 bits per heavy atom. The lowest BCUT2D eigenvalue weighted by molar-refractivity contribution is 0.283. The van der Waals surface area contributed by atoms with Crippen LogP contribution in [-0.4, -0.2) is 15.3 Å². The highest BCUT2D eigenvalue weighted by molar-refractivity contribution is 6.23. The summed E-state index contributed by atoms with van der Waals surface area (Å²) in [6, 6.07) is 24.6. The number of nitrogens with zero attached hydrogens (tertiary/aromatic N) is 3. The normalized spacial score (nSPS) is 20.9. The SMILES string of the molecule is CC1(n2c3c(c4c5c(c6c7ccccc7n(C7=CCCC=C7)c6c42)CCC=C5)CCC=C3)N=CC2=C(CCC(c3ccc4ccccc4c3)=C2)N1. The van der Waals surface area contributed by atoms with Gasteiger partial charge in [-0.25, -0.2) is 4.99 Å². The summed E-state index contributed by atoms with van der Waals surface area (Å²) in [4.78, 5) is 5.47. The Kier molecular flexibility index (Phi) is 6.26. The maximum Gasteiger partial charge on any atom is 0.208 e. The van der Waals surface area contributed by atoms with E-state index in [-0.39, 0.29) is 0 Å². The van der Waals surface area contributed by atoms with Crippen LogP contribution in [0.1, 0.15) is 73.4 Å². The van der Waals surface area contributed by atoms with Crippen LogP contribution in [0, 0.1) is 0 Å². The molecule has 0 saturated heterocycles. The topological polar surface area (TPSA) is 34.2 Å². The molecule has 2 aromatic heterocycles. The summed E-state index contributed by atoms with van der Waals surface area (Å²) in [5, 5.41) is 10.8. The molecule has 1 aliphatic heterocycles. The largest absolute Gasteiger partial charge is 0.347 e. The van der Waals surface area contributed by atoms with Gasteiger partial charge in [0.1, 0.15) is 0 Å². The average molecular weight is 661 g/mol. The number of allylic oxidation sites excluding steroid dienone is 10. The summed E-state index contributed by atoms with van der Waals surface area (Å²) in [5.41, 5.74) is 16.0. The first kappa shape index (κ1) is 29.2. The fourth-order valence-corrected chi connectivity index (χ4v) is 9.66. The van der Waals surface area contributed by atoms with Crippen molar-refractivity contribution in [3.63, 3.8) is 0 Å². The predicted octanol–water partition coefficient (Wildman–Crippen LogP) is 11.4. The highest BCUT2D eigenvalue weighted by atomic mass is 15.4. The summed E-state index contributed by atoms with van der Waals surface area (Å²) in [6.45, 7) is 2.28. The highest BCUT2D eigenvalue weighted by Gasteiger charge is 2.38. The quantitative estimate of drug-likeness (QED) is 0.201. The molecule has 1 N–H and O–H groups in total. The highest BCUT2D eigenvalue weighted by Crippen LogP contribution is 2.49. The van der Waals surface area contributed by atoms with E-state index in [4.69, 9.17) is 4.99 Å². The number of hydrogen-bond donors (Lipinski definition) is 1. The molecule has 3 heterocycles. The molecule has 11 rings (SSSR count). The Labute approximate surface area is 298 Å². The van der Waals surface area contributed by atoms with Gasteiger partial charge in [-0.3, -0.25) is 4.57 Å². The van der Waals surface area contributed by atoms with Gasteiger partial charge in [-0.2, -0.15) is 0 Å². The second-order valence-corrected chi connectivity index (χ2v) is 15.0. The number of para-hydroxylation sites is 1. The number of rotatable bonds is 3. The first-order valence-corrected chi connectivity index (χ1v) is 18.8. The van der Waals surface area contributed by atoms with Crippen LogP contribution in [0.5, 0.6) is 0 Å². The van der Waals surface area contributed by atoms with E-state index in [1.54, 1.807) is 0 Å². The van der Waals surface area contributed by atoms with Gasteiger partial charge in [0.25, 0.3) is 0 Å². The third kappa shape index (κ3) is 4.23. The molecule has 51 heavy (non-hydrogen) atoms. The molecule has 1 unspecified atom stereocenters. The Morgan fingerprint density at radius 1 is 0.725 bits per heavy atom. The smallest absolute Gasteiger partial charge is 0.208 e. The molecule has 0 spiro atoms. The van der Waals surface area contributed by atoms with E-state index in [9.17, 15) is 0 Å². The van der Waals surface area contributed by atoms with Crippen molar-refractivity contribution >= 4 is 73.1 Å². The lowest BCUT2D eigenvalue weighted by Crippen LogP contribution is -2.46. The Morgan fingerprint density at radius 3 is 2.45 bits per heavy atom. The second kappa shape index (κ2) is 10.9. The Hall–Kier alpha value is -5.61. The molecular formula is C47H40N4. The van der Waals surface area contributed by atoms with Gasteiger partial charge in [-0.05, 0) is 127 Å². The van der Waals surface area contributed by atoms with Crippen LogP contribution in [0.2, 0.25) is 0 Å². The molecular weight excluding hydrogens is 621 g/mol. The monoisotopic (exact) mass is 660 g/mol. The van der Waals surface area contributed by atoms with Crippen molar-refractivity contribution in [1.82, 2.24) is 14.5 Å². The standard InChI is InChI=1S/C47H40N4/c1-47(48-29-34-28-33(25-26-40(34)49-47)32-24-23-30-13-5-6-14-31(30)27-32)51-42-22-12-10-20-39(42)44-37-18-8-7-17-36(37)43-38-19-9-11-21-41(38)50(45(43)46(44)51)35-15-3-2-4-16-35/h3,5-6,8-9,11-16,18-19,21-24,27-29,49H,2,4,7,10,17,20,25-26H2,1H3. The van der Waals surface area contributed by atoms with Crippen LogP contribution < -0.4 is 5.32 Å². The molecule has 5 aliphatic rings. The molecule has 4 heteroatoms. The van der Waals surface area contributed by atoms with E-state index < -0.39 is 5.79 Å². The van der Waals surface area contributed by atoms with E-state index in [0.717, 1.165) is 51.4 Å². The van der Waals surface area contributed by atoms with Crippen molar-refractivity contribution in [3.8, 4) is 0 Å². The number of fused-ring (bicyclic) bond motifs is 11. The van der Waals surface area contributed by atoms with Gasteiger partial charge >= 0.3 is 0 Å². The molecule has 1 atom stereocenters. The third-order valence-electron chi connectivity index (χ3n) is 11.9. The lowest BCUT2D eigenvalue weighted by atomic mass is 9.87. The van der Waals surface area contributed by atoms with E-state index in [2.05, 4.69) is 143 Å². The molecule has 0 radical (unpaired) electrons. The Balaban J connectivity index is 1.16. The summed E-state index contributed by atoms with van der Waals surface area (Å²) in [6.07, 6.45) is 29.5. The molecule has 4 nitrogen and oxygen atoms in total. The summed E-state index contributed by atoms with van der Waals surface area (Å²) < 4.78 is 5.15. The van der Waals surface area contributed by atoms with Gasteiger partial charge in [0, 0.05) is 45.0 Å². The van der Waals surface area contributed by atoms with E-state index >= 15 is 0 Å². The minimum absolute atomic E-state index is 0.696. The minimum Gasteiger partial charge on any atom is -0.347 e. The Bertz CT molecular complexity index is 2730. The van der Waals surface area contributed by atoms with Crippen molar-refractivity contribution < 1.29 is 0 Å². The van der Waals surface area contributed by atoms with Gasteiger partial charge in [-0.15, -0.1) is 0 Å². The number of aromatic nitrogens is 2. The third-order valence-corrected chi connectivity index (χ3v) is 11.9. The zero-order valence-electron chi connectivity index (χ0n) is 29.0. The van der Waals surface area contributed by atoms with E-state index in [1.165, 1.54) is 94.0 Å². The average Bonchev–Trinajstić information content (AvgIpc) is 3.73. The van der Waals surface area contributed by atoms with Crippen LogP contribution in [0.4, 0.5) is 0 Å². The van der Waals surface area contributed by atoms with Crippen molar-refractivity contribution in [1.29, 1.82) is 0 Å². The number of aliphatic imine (C=N–C) groups is 1. The summed E-state index contributed by atoms with van der Waals surface area (Å²) in [5.74, 6) is -0.696. The molecule has 0 amide bonds. The maximum absolute atomic E-state index is 5.47. The zero-order valence-corrected chi connectivity index (χ0v) is 29.0. The molecule has 6 aromatic rings. The van der Waals surface area contributed by atoms with Gasteiger partial charge in [0.2, 0.25) is 5.79 Å². The van der Waals surface area contributed by atoms with Crippen LogP contribution in [0.3, 0.4) is 0 Å². The number of hydrogen-bond acceptors (Lipinski definition) is 2. The molecule has 0 fully saturated rings. The van der Waals surface area contributed by atoms with Gasteiger partial charge in [0.15, 0.2) is 0 Å². The number of nitrogens with one attached hydrogen (secondary N) is 1. The molecule has 248 valence electrons. The van der Waals surface area contributed by atoms with Crippen LogP contribution in [-0.2, 0) is 18.6 Å². The predicted molar refractivity (Wildman–Crippen MR) is 216 cm³/mol.